The monoisotopic (exact) mass is 490 g/mol. The Morgan fingerprint density at radius 1 is 1.12 bits per heavy atom. The Labute approximate surface area is 193 Å². The largest absolute Gasteiger partial charge is 0.487 e. The van der Waals surface area contributed by atoms with Crippen molar-refractivity contribution in [3.8, 4) is 5.75 Å². The molecule has 0 amide bonds. The molecule has 4 aromatic rings. The van der Waals surface area contributed by atoms with Gasteiger partial charge in [-0.25, -0.2) is 13.4 Å². The lowest BCUT2D eigenvalue weighted by Crippen LogP contribution is -2.16. The number of nitrogens with one attached hydrogen (secondary N) is 1. The van der Waals surface area contributed by atoms with Crippen molar-refractivity contribution >= 4 is 43.6 Å². The highest BCUT2D eigenvalue weighted by Gasteiger charge is 2.14. The van der Waals surface area contributed by atoms with Crippen molar-refractivity contribution in [1.82, 2.24) is 14.6 Å². The molecular formula is C21H19ClN4O4S2. The second kappa shape index (κ2) is 9.27. The Morgan fingerprint density at radius 2 is 1.84 bits per heavy atom. The van der Waals surface area contributed by atoms with Crippen LogP contribution in [0.2, 0.25) is 5.02 Å². The first kappa shape index (κ1) is 22.3. The predicted molar refractivity (Wildman–Crippen MR) is 124 cm³/mol. The number of sulfonamides is 1. The Hall–Kier alpha value is -2.95. The Bertz CT molecular complexity index is 1400. The molecule has 32 heavy (non-hydrogen) atoms. The summed E-state index contributed by atoms with van der Waals surface area (Å²) in [5, 5.41) is 5.61. The third kappa shape index (κ3) is 5.09. The Morgan fingerprint density at radius 3 is 2.53 bits per heavy atom. The smallest absolute Gasteiger partial charge is 0.275 e. The first-order valence-corrected chi connectivity index (χ1v) is 12.4. The number of hydrogen-bond donors (Lipinski definition) is 1. The van der Waals surface area contributed by atoms with Crippen molar-refractivity contribution in [2.75, 3.05) is 4.72 Å². The molecule has 0 spiro atoms. The van der Waals surface area contributed by atoms with Gasteiger partial charge < -0.3 is 4.74 Å². The summed E-state index contributed by atoms with van der Waals surface area (Å²) in [7, 11) is -3.73. The summed E-state index contributed by atoms with van der Waals surface area (Å²) in [6.07, 6.45) is 1.74. The van der Waals surface area contributed by atoms with E-state index in [1.54, 1.807) is 24.3 Å². The van der Waals surface area contributed by atoms with E-state index in [2.05, 4.69) is 21.7 Å². The molecule has 0 saturated carbocycles. The van der Waals surface area contributed by atoms with Gasteiger partial charge in [-0.15, -0.1) is 0 Å². The van der Waals surface area contributed by atoms with Crippen LogP contribution in [0.15, 0.2) is 64.3 Å². The zero-order valence-corrected chi connectivity index (χ0v) is 19.4. The second-order valence-corrected chi connectivity index (χ2v) is 10.1. The van der Waals surface area contributed by atoms with Crippen molar-refractivity contribution in [1.29, 1.82) is 0 Å². The Balaban J connectivity index is 1.43. The number of nitrogens with zero attached hydrogens (tertiary/aromatic N) is 3. The summed E-state index contributed by atoms with van der Waals surface area (Å²) < 4.78 is 34.4. The third-order valence-electron chi connectivity index (χ3n) is 4.42. The van der Waals surface area contributed by atoms with Crippen molar-refractivity contribution in [2.45, 2.75) is 31.3 Å². The molecule has 0 saturated heterocycles. The van der Waals surface area contributed by atoms with Crippen molar-refractivity contribution in [3.63, 3.8) is 0 Å². The quantitative estimate of drug-likeness (QED) is 0.398. The number of benzene rings is 2. The fourth-order valence-electron chi connectivity index (χ4n) is 2.89. The van der Waals surface area contributed by atoms with E-state index in [-0.39, 0.29) is 17.1 Å². The average molecular weight is 491 g/mol. The maximum atomic E-state index is 12.5. The lowest BCUT2D eigenvalue weighted by Gasteiger charge is -2.10. The van der Waals surface area contributed by atoms with Gasteiger partial charge in [-0.05, 0) is 55.0 Å². The molecule has 0 aliphatic heterocycles. The van der Waals surface area contributed by atoms with Crippen LogP contribution in [0.5, 0.6) is 5.75 Å². The maximum absolute atomic E-state index is 12.5. The SMILES string of the molecule is CCCc1nn2c(=O)cc(COc3ccc(NS(=O)(=O)c4ccc(Cl)cc4)cc3)nc2s1. The molecule has 8 nitrogen and oxygen atoms in total. The van der Waals surface area contributed by atoms with Crippen molar-refractivity contribution in [3.05, 3.63) is 80.7 Å². The summed E-state index contributed by atoms with van der Waals surface area (Å²) in [4.78, 5) is 17.4. The topological polar surface area (TPSA) is 103 Å². The molecule has 0 unspecified atom stereocenters. The van der Waals surface area contributed by atoms with E-state index >= 15 is 0 Å². The molecule has 0 bridgehead atoms. The minimum Gasteiger partial charge on any atom is -0.487 e. The van der Waals surface area contributed by atoms with Crippen molar-refractivity contribution < 1.29 is 13.2 Å². The summed E-state index contributed by atoms with van der Waals surface area (Å²) in [5.74, 6) is 0.511. The normalized spacial score (nSPS) is 11.6. The second-order valence-electron chi connectivity index (χ2n) is 6.90. The van der Waals surface area contributed by atoms with Gasteiger partial charge in [0.05, 0.1) is 10.6 Å². The summed E-state index contributed by atoms with van der Waals surface area (Å²) in [6, 6.07) is 13.8. The van der Waals surface area contributed by atoms with Gasteiger partial charge in [-0.3, -0.25) is 9.52 Å². The molecular weight excluding hydrogens is 472 g/mol. The number of anilines is 1. The molecule has 0 aliphatic carbocycles. The molecule has 2 aromatic carbocycles. The number of aromatic nitrogens is 3. The molecule has 0 radical (unpaired) electrons. The molecule has 0 atom stereocenters. The van der Waals surface area contributed by atoms with Crippen LogP contribution in [0, 0.1) is 0 Å². The highest BCUT2D eigenvalue weighted by Crippen LogP contribution is 2.21. The van der Waals surface area contributed by atoms with E-state index in [9.17, 15) is 13.2 Å². The summed E-state index contributed by atoms with van der Waals surface area (Å²) in [6.45, 7) is 2.15. The molecule has 11 heteroatoms. The van der Waals surface area contributed by atoms with Gasteiger partial charge in [0.15, 0.2) is 0 Å². The lowest BCUT2D eigenvalue weighted by atomic mass is 10.3. The summed E-state index contributed by atoms with van der Waals surface area (Å²) in [5.41, 5.74) is 0.631. The van der Waals surface area contributed by atoms with Gasteiger partial charge in [0.1, 0.15) is 17.4 Å². The number of aryl methyl sites for hydroxylation is 1. The van der Waals surface area contributed by atoms with E-state index in [0.717, 1.165) is 17.8 Å². The molecule has 0 fully saturated rings. The third-order valence-corrected chi connectivity index (χ3v) is 7.04. The highest BCUT2D eigenvalue weighted by atomic mass is 35.5. The van der Waals surface area contributed by atoms with Crippen molar-refractivity contribution in [2.24, 2.45) is 0 Å². The molecule has 2 aromatic heterocycles. The van der Waals surface area contributed by atoms with Crippen LogP contribution in [0.3, 0.4) is 0 Å². The number of rotatable bonds is 8. The molecule has 0 aliphatic rings. The zero-order chi connectivity index (χ0) is 22.7. The number of fused-ring (bicyclic) bond motifs is 1. The zero-order valence-electron chi connectivity index (χ0n) is 17.0. The first-order valence-electron chi connectivity index (χ1n) is 9.74. The number of halogens is 1. The first-order chi connectivity index (χ1) is 15.3. The maximum Gasteiger partial charge on any atom is 0.275 e. The van der Waals surface area contributed by atoms with Crippen LogP contribution in [0.25, 0.3) is 4.96 Å². The van der Waals surface area contributed by atoms with Gasteiger partial charge in [0.25, 0.3) is 15.6 Å². The van der Waals surface area contributed by atoms with Gasteiger partial charge in [0.2, 0.25) is 4.96 Å². The van der Waals surface area contributed by atoms with E-state index in [4.69, 9.17) is 16.3 Å². The van der Waals surface area contributed by atoms with E-state index in [1.807, 2.05) is 0 Å². The molecule has 166 valence electrons. The van der Waals surface area contributed by atoms with Crippen LogP contribution < -0.4 is 15.0 Å². The molecule has 4 rings (SSSR count). The minimum absolute atomic E-state index is 0.0998. The number of hydrogen-bond acceptors (Lipinski definition) is 7. The number of ether oxygens (including phenoxy) is 1. The minimum atomic E-state index is -3.73. The van der Waals surface area contributed by atoms with Gasteiger partial charge in [-0.1, -0.05) is 29.9 Å². The van der Waals surface area contributed by atoms with Crippen LogP contribution in [0.4, 0.5) is 5.69 Å². The van der Waals surface area contributed by atoms with Crippen LogP contribution in [-0.2, 0) is 23.1 Å². The van der Waals surface area contributed by atoms with Crippen LogP contribution in [-0.4, -0.2) is 23.0 Å². The van der Waals surface area contributed by atoms with E-state index < -0.39 is 10.0 Å². The summed E-state index contributed by atoms with van der Waals surface area (Å²) >= 11 is 7.20. The predicted octanol–water partition coefficient (Wildman–Crippen LogP) is 4.14. The standard InChI is InChI=1S/C21H19ClN4O4S2/c1-2-3-19-24-26-20(27)12-16(23-21(26)31-19)13-30-17-8-6-15(7-9-17)25-32(28,29)18-10-4-14(22)5-11-18/h4-12,25H,2-3,13H2,1H3. The average Bonchev–Trinajstić information content (AvgIpc) is 3.17. The molecule has 1 N–H and O–H groups in total. The lowest BCUT2D eigenvalue weighted by molar-refractivity contribution is 0.301. The van der Waals surface area contributed by atoms with E-state index in [0.29, 0.717) is 27.1 Å². The van der Waals surface area contributed by atoms with Gasteiger partial charge >= 0.3 is 0 Å². The van der Waals surface area contributed by atoms with Crippen LogP contribution in [0.1, 0.15) is 24.0 Å². The highest BCUT2D eigenvalue weighted by molar-refractivity contribution is 7.92. The fourth-order valence-corrected chi connectivity index (χ4v) is 5.09. The van der Waals surface area contributed by atoms with Crippen LogP contribution >= 0.6 is 22.9 Å². The molecule has 2 heterocycles. The fraction of sp³-hybridized carbons (Fsp3) is 0.190. The van der Waals surface area contributed by atoms with Gasteiger partial charge in [0, 0.05) is 23.2 Å². The van der Waals surface area contributed by atoms with Gasteiger partial charge in [-0.2, -0.15) is 9.61 Å². The van der Waals surface area contributed by atoms with E-state index in [1.165, 1.54) is 46.2 Å². The Kier molecular flexibility index (Phi) is 6.45.